The highest BCUT2D eigenvalue weighted by molar-refractivity contribution is 9.10. The largest absolute Gasteiger partial charge is 0.497 e. The van der Waals surface area contributed by atoms with Crippen molar-refractivity contribution >= 4 is 32.8 Å². The molecule has 0 radical (unpaired) electrons. The lowest BCUT2D eigenvalue weighted by molar-refractivity contribution is -0.143. The molecule has 0 amide bonds. The predicted octanol–water partition coefficient (Wildman–Crippen LogP) is 1.98. The SMILES string of the molecule is CCOC(=O)Cn1nc(Br)c2c(=O)n(Cc3ccc(OC)cc3)ncc21. The van der Waals surface area contributed by atoms with Crippen molar-refractivity contribution in [1.29, 1.82) is 0 Å². The maximum Gasteiger partial charge on any atom is 0.327 e. The lowest BCUT2D eigenvalue weighted by Gasteiger charge is -2.07. The second-order valence-electron chi connectivity index (χ2n) is 5.47. The summed E-state index contributed by atoms with van der Waals surface area (Å²) in [5.41, 5.74) is 1.09. The number of rotatable bonds is 6. The first kappa shape index (κ1) is 18.1. The number of esters is 1. The van der Waals surface area contributed by atoms with Gasteiger partial charge in [0.05, 0.1) is 32.0 Å². The van der Waals surface area contributed by atoms with Crippen molar-refractivity contribution < 1.29 is 14.3 Å². The highest BCUT2D eigenvalue weighted by Crippen LogP contribution is 2.19. The van der Waals surface area contributed by atoms with E-state index in [1.807, 2.05) is 24.3 Å². The van der Waals surface area contributed by atoms with Gasteiger partial charge in [-0.3, -0.25) is 14.3 Å². The Morgan fingerprint density at radius 3 is 2.62 bits per heavy atom. The molecular weight excluding hydrogens is 404 g/mol. The van der Waals surface area contributed by atoms with Gasteiger partial charge in [0.2, 0.25) is 0 Å². The van der Waals surface area contributed by atoms with Crippen LogP contribution in [0.5, 0.6) is 5.75 Å². The molecule has 0 saturated heterocycles. The molecule has 136 valence electrons. The maximum atomic E-state index is 12.8. The zero-order chi connectivity index (χ0) is 18.7. The van der Waals surface area contributed by atoms with E-state index in [1.54, 1.807) is 14.0 Å². The minimum absolute atomic E-state index is 0.0838. The Morgan fingerprint density at radius 1 is 1.23 bits per heavy atom. The van der Waals surface area contributed by atoms with Crippen molar-refractivity contribution in [1.82, 2.24) is 19.6 Å². The molecule has 8 nitrogen and oxygen atoms in total. The van der Waals surface area contributed by atoms with Gasteiger partial charge in [-0.15, -0.1) is 0 Å². The molecule has 1 aromatic carbocycles. The summed E-state index contributed by atoms with van der Waals surface area (Å²) in [4.78, 5) is 24.5. The van der Waals surface area contributed by atoms with E-state index in [4.69, 9.17) is 9.47 Å². The Bertz CT molecular complexity index is 994. The van der Waals surface area contributed by atoms with Crippen LogP contribution in [0.1, 0.15) is 12.5 Å². The van der Waals surface area contributed by atoms with Gasteiger partial charge in [-0.25, -0.2) is 4.68 Å². The number of carbonyl (C=O) groups excluding carboxylic acids is 1. The van der Waals surface area contributed by atoms with Crippen LogP contribution >= 0.6 is 15.9 Å². The van der Waals surface area contributed by atoms with Gasteiger partial charge in [-0.05, 0) is 40.5 Å². The fourth-order valence-corrected chi connectivity index (χ4v) is 3.11. The number of carbonyl (C=O) groups is 1. The van der Waals surface area contributed by atoms with Crippen LogP contribution in [0.3, 0.4) is 0 Å². The molecule has 0 unspecified atom stereocenters. The van der Waals surface area contributed by atoms with Crippen molar-refractivity contribution in [3.63, 3.8) is 0 Å². The van der Waals surface area contributed by atoms with Gasteiger partial charge in [-0.1, -0.05) is 12.1 Å². The molecular formula is C17H17BrN4O4. The number of hydrogen-bond donors (Lipinski definition) is 0. The molecule has 0 aliphatic carbocycles. The van der Waals surface area contributed by atoms with Crippen molar-refractivity contribution in [2.75, 3.05) is 13.7 Å². The smallest absolute Gasteiger partial charge is 0.327 e. The molecule has 0 aliphatic heterocycles. The molecule has 9 heteroatoms. The van der Waals surface area contributed by atoms with Gasteiger partial charge in [0.25, 0.3) is 5.56 Å². The molecule has 26 heavy (non-hydrogen) atoms. The third kappa shape index (κ3) is 3.62. The predicted molar refractivity (Wildman–Crippen MR) is 98.2 cm³/mol. The fourth-order valence-electron chi connectivity index (χ4n) is 2.55. The molecule has 2 aromatic heterocycles. The second kappa shape index (κ2) is 7.69. The zero-order valence-electron chi connectivity index (χ0n) is 14.3. The Balaban J connectivity index is 1.94. The first-order valence-corrected chi connectivity index (χ1v) is 8.73. The van der Waals surface area contributed by atoms with Crippen molar-refractivity contribution in [2.45, 2.75) is 20.0 Å². The topological polar surface area (TPSA) is 88.2 Å². The quantitative estimate of drug-likeness (QED) is 0.566. The minimum Gasteiger partial charge on any atom is -0.497 e. The lowest BCUT2D eigenvalue weighted by Crippen LogP contribution is -2.23. The monoisotopic (exact) mass is 420 g/mol. The number of ether oxygens (including phenoxy) is 2. The van der Waals surface area contributed by atoms with Crippen LogP contribution < -0.4 is 10.3 Å². The summed E-state index contributed by atoms with van der Waals surface area (Å²) in [6.07, 6.45) is 1.53. The van der Waals surface area contributed by atoms with Crippen LogP contribution in [0, 0.1) is 0 Å². The van der Waals surface area contributed by atoms with E-state index in [1.165, 1.54) is 15.6 Å². The standard InChI is InChI=1S/C17H17BrN4O4/c1-3-26-14(23)10-21-13-8-19-22(17(24)15(13)16(18)20-21)9-11-4-6-12(25-2)7-5-11/h4-8H,3,9-10H2,1-2H3. The third-order valence-electron chi connectivity index (χ3n) is 3.79. The Labute approximate surface area is 157 Å². The maximum absolute atomic E-state index is 12.8. The molecule has 0 saturated carbocycles. The van der Waals surface area contributed by atoms with Crippen LogP contribution in [-0.2, 0) is 22.6 Å². The summed E-state index contributed by atoms with van der Waals surface area (Å²) < 4.78 is 13.2. The molecule has 3 aromatic rings. The van der Waals surface area contributed by atoms with E-state index in [0.717, 1.165) is 11.3 Å². The molecule has 0 bridgehead atoms. The van der Waals surface area contributed by atoms with Gasteiger partial charge in [0, 0.05) is 0 Å². The number of nitrogens with zero attached hydrogens (tertiary/aromatic N) is 4. The van der Waals surface area contributed by atoms with Crippen LogP contribution in [-0.4, -0.2) is 39.2 Å². The Kier molecular flexibility index (Phi) is 5.36. The van der Waals surface area contributed by atoms with Crippen LogP contribution in [0.2, 0.25) is 0 Å². The summed E-state index contributed by atoms with van der Waals surface area (Å²) in [5.74, 6) is 0.319. The molecule has 0 atom stereocenters. The summed E-state index contributed by atoms with van der Waals surface area (Å²) in [5, 5.41) is 8.79. The Morgan fingerprint density at radius 2 is 1.96 bits per heavy atom. The van der Waals surface area contributed by atoms with Gasteiger partial charge < -0.3 is 9.47 Å². The van der Waals surface area contributed by atoms with E-state index < -0.39 is 5.97 Å². The van der Waals surface area contributed by atoms with Crippen LogP contribution in [0.15, 0.2) is 39.9 Å². The summed E-state index contributed by atoms with van der Waals surface area (Å²) in [6, 6.07) is 7.39. The molecule has 3 rings (SSSR count). The number of fused-ring (bicyclic) bond motifs is 1. The van der Waals surface area contributed by atoms with Crippen LogP contribution in [0.4, 0.5) is 0 Å². The first-order valence-electron chi connectivity index (χ1n) is 7.94. The van der Waals surface area contributed by atoms with E-state index in [2.05, 4.69) is 26.1 Å². The summed E-state index contributed by atoms with van der Waals surface area (Å²) >= 11 is 3.29. The molecule has 0 spiro atoms. The van der Waals surface area contributed by atoms with E-state index in [9.17, 15) is 9.59 Å². The van der Waals surface area contributed by atoms with Crippen molar-refractivity contribution in [2.24, 2.45) is 0 Å². The molecule has 0 N–H and O–H groups in total. The Hall–Kier alpha value is -2.68. The van der Waals surface area contributed by atoms with Gasteiger partial charge >= 0.3 is 5.97 Å². The third-order valence-corrected chi connectivity index (χ3v) is 4.35. The van der Waals surface area contributed by atoms with E-state index in [0.29, 0.717) is 22.1 Å². The number of hydrogen-bond acceptors (Lipinski definition) is 6. The number of halogens is 1. The lowest BCUT2D eigenvalue weighted by atomic mass is 10.2. The molecule has 0 aliphatic rings. The average Bonchev–Trinajstić information content (AvgIpc) is 2.94. The number of methoxy groups -OCH3 is 1. The highest BCUT2D eigenvalue weighted by atomic mass is 79.9. The minimum atomic E-state index is -0.424. The molecule has 2 heterocycles. The van der Waals surface area contributed by atoms with E-state index >= 15 is 0 Å². The summed E-state index contributed by atoms with van der Waals surface area (Å²) in [6.45, 7) is 2.24. The number of benzene rings is 1. The highest BCUT2D eigenvalue weighted by Gasteiger charge is 2.17. The normalized spacial score (nSPS) is 10.9. The van der Waals surface area contributed by atoms with Crippen molar-refractivity contribution in [3.05, 3.63) is 51.0 Å². The number of aromatic nitrogens is 4. The van der Waals surface area contributed by atoms with Crippen LogP contribution in [0.25, 0.3) is 10.9 Å². The van der Waals surface area contributed by atoms with Gasteiger partial charge in [-0.2, -0.15) is 10.2 Å². The van der Waals surface area contributed by atoms with Crippen molar-refractivity contribution in [3.8, 4) is 5.75 Å². The molecule has 0 fully saturated rings. The zero-order valence-corrected chi connectivity index (χ0v) is 15.9. The van der Waals surface area contributed by atoms with Gasteiger partial charge in [0.1, 0.15) is 22.3 Å². The van der Waals surface area contributed by atoms with Gasteiger partial charge in [0.15, 0.2) is 0 Å². The second-order valence-corrected chi connectivity index (χ2v) is 6.22. The first-order chi connectivity index (χ1) is 12.5. The average molecular weight is 421 g/mol. The van der Waals surface area contributed by atoms with E-state index in [-0.39, 0.29) is 18.7 Å². The summed E-state index contributed by atoms with van der Waals surface area (Å²) in [7, 11) is 1.60. The fraction of sp³-hybridized carbons (Fsp3) is 0.294.